The third-order valence-electron chi connectivity index (χ3n) is 3.69. The van der Waals surface area contributed by atoms with Crippen LogP contribution in [0.4, 0.5) is 0 Å². The summed E-state index contributed by atoms with van der Waals surface area (Å²) in [7, 11) is 0. The van der Waals surface area contributed by atoms with E-state index in [-0.39, 0.29) is 11.4 Å². The van der Waals surface area contributed by atoms with Crippen LogP contribution in [0.5, 0.6) is 0 Å². The molecule has 0 spiro atoms. The van der Waals surface area contributed by atoms with Gasteiger partial charge in [-0.1, -0.05) is 0 Å². The van der Waals surface area contributed by atoms with Gasteiger partial charge in [-0.3, -0.25) is 4.79 Å². The molecule has 2 aliphatic heterocycles. The Bertz CT molecular complexity index is 236. The predicted molar refractivity (Wildman–Crippen MR) is 49.2 cm³/mol. The van der Waals surface area contributed by atoms with Crippen LogP contribution in [0.3, 0.4) is 0 Å². The van der Waals surface area contributed by atoms with Crippen molar-refractivity contribution >= 4 is 5.91 Å². The summed E-state index contributed by atoms with van der Waals surface area (Å²) in [6, 6.07) is 0. The first kappa shape index (κ1) is 7.80. The average molecular weight is 180 g/mol. The van der Waals surface area contributed by atoms with E-state index in [4.69, 9.17) is 0 Å². The van der Waals surface area contributed by atoms with Crippen LogP contribution in [-0.2, 0) is 4.79 Å². The maximum atomic E-state index is 11.8. The molecule has 3 nitrogen and oxygen atoms in total. The zero-order chi connectivity index (χ0) is 8.89. The topological polar surface area (TPSA) is 41.1 Å². The van der Waals surface area contributed by atoms with Crippen molar-refractivity contribution < 1.29 is 4.79 Å². The standard InChI is InChI=1S/C10H16N2O/c13-9(11-5-7-1-2-7)10-3-8(4-10)6-12-10/h7-8,12H,1-6H2,(H,11,13). The van der Waals surface area contributed by atoms with Gasteiger partial charge < -0.3 is 10.6 Å². The van der Waals surface area contributed by atoms with Gasteiger partial charge in [0.05, 0.1) is 5.54 Å². The largest absolute Gasteiger partial charge is 0.354 e. The Labute approximate surface area is 78.3 Å². The van der Waals surface area contributed by atoms with Gasteiger partial charge in [-0.05, 0) is 44.1 Å². The summed E-state index contributed by atoms with van der Waals surface area (Å²) in [6.45, 7) is 1.96. The van der Waals surface area contributed by atoms with E-state index in [1.807, 2.05) is 0 Å². The second kappa shape index (κ2) is 2.47. The molecule has 0 aromatic rings. The first-order chi connectivity index (χ1) is 6.28. The third kappa shape index (κ3) is 1.17. The maximum Gasteiger partial charge on any atom is 0.240 e. The summed E-state index contributed by atoms with van der Waals surface area (Å²) in [6.07, 6.45) is 4.76. The maximum absolute atomic E-state index is 11.8. The lowest BCUT2D eigenvalue weighted by atomic mass is 9.73. The lowest BCUT2D eigenvalue weighted by Gasteiger charge is -2.35. The molecule has 2 aliphatic carbocycles. The number of hydrogen-bond acceptors (Lipinski definition) is 2. The predicted octanol–water partition coefficient (Wildman–Crippen LogP) is 0.265. The van der Waals surface area contributed by atoms with Crippen molar-refractivity contribution in [2.45, 2.75) is 31.2 Å². The molecule has 72 valence electrons. The highest BCUT2D eigenvalue weighted by Gasteiger charge is 2.55. The molecule has 4 fully saturated rings. The Balaban J connectivity index is 1.55. The Hall–Kier alpha value is -0.570. The molecule has 13 heavy (non-hydrogen) atoms. The molecule has 0 radical (unpaired) electrons. The number of hydrogen-bond donors (Lipinski definition) is 2. The molecule has 0 unspecified atom stereocenters. The fourth-order valence-electron chi connectivity index (χ4n) is 2.55. The van der Waals surface area contributed by atoms with Crippen LogP contribution in [0.1, 0.15) is 25.7 Å². The van der Waals surface area contributed by atoms with Gasteiger partial charge in [-0.2, -0.15) is 0 Å². The summed E-state index contributed by atoms with van der Waals surface area (Å²) < 4.78 is 0. The number of carbonyl (C=O) groups is 1. The van der Waals surface area contributed by atoms with Crippen molar-refractivity contribution in [2.24, 2.45) is 11.8 Å². The monoisotopic (exact) mass is 180 g/mol. The second-order valence-corrected chi connectivity index (χ2v) is 4.89. The van der Waals surface area contributed by atoms with E-state index in [0.29, 0.717) is 0 Å². The third-order valence-corrected chi connectivity index (χ3v) is 3.69. The summed E-state index contributed by atoms with van der Waals surface area (Å²) >= 11 is 0. The number of nitrogens with one attached hydrogen (secondary N) is 2. The van der Waals surface area contributed by atoms with Gasteiger partial charge in [0, 0.05) is 6.54 Å². The van der Waals surface area contributed by atoms with E-state index >= 15 is 0 Å². The normalized spacial score (nSPS) is 41.4. The molecule has 0 aromatic heterocycles. The number of amides is 1. The van der Waals surface area contributed by atoms with Gasteiger partial charge in [-0.25, -0.2) is 0 Å². The number of carbonyl (C=O) groups excluding carboxylic acids is 1. The Morgan fingerprint density at radius 1 is 1.46 bits per heavy atom. The van der Waals surface area contributed by atoms with Crippen molar-refractivity contribution in [3.05, 3.63) is 0 Å². The van der Waals surface area contributed by atoms with E-state index < -0.39 is 0 Å². The highest BCUT2D eigenvalue weighted by atomic mass is 16.2. The van der Waals surface area contributed by atoms with Crippen molar-refractivity contribution in [3.8, 4) is 0 Å². The van der Waals surface area contributed by atoms with Crippen LogP contribution >= 0.6 is 0 Å². The lowest BCUT2D eigenvalue weighted by Crippen LogP contribution is -2.56. The van der Waals surface area contributed by atoms with E-state index in [2.05, 4.69) is 10.6 Å². The van der Waals surface area contributed by atoms with Gasteiger partial charge in [0.15, 0.2) is 0 Å². The smallest absolute Gasteiger partial charge is 0.240 e. The zero-order valence-electron chi connectivity index (χ0n) is 7.81. The highest BCUT2D eigenvalue weighted by Crippen LogP contribution is 2.43. The quantitative estimate of drug-likeness (QED) is 0.654. The van der Waals surface area contributed by atoms with E-state index in [1.165, 1.54) is 12.8 Å². The van der Waals surface area contributed by atoms with Gasteiger partial charge in [0.2, 0.25) is 5.91 Å². The summed E-state index contributed by atoms with van der Waals surface area (Å²) in [5, 5.41) is 6.40. The molecule has 2 heterocycles. The first-order valence-electron chi connectivity index (χ1n) is 5.32. The molecule has 0 atom stereocenters. The Morgan fingerprint density at radius 2 is 2.23 bits per heavy atom. The summed E-state index contributed by atoms with van der Waals surface area (Å²) in [5.41, 5.74) is -0.139. The molecular weight excluding hydrogens is 164 g/mol. The number of rotatable bonds is 3. The van der Waals surface area contributed by atoms with Crippen LogP contribution < -0.4 is 10.6 Å². The molecule has 1 amide bonds. The molecule has 3 heteroatoms. The van der Waals surface area contributed by atoms with Crippen molar-refractivity contribution in [2.75, 3.05) is 13.1 Å². The van der Waals surface area contributed by atoms with Gasteiger partial charge in [0.25, 0.3) is 0 Å². The van der Waals surface area contributed by atoms with Crippen molar-refractivity contribution in [3.63, 3.8) is 0 Å². The molecular formula is C10H16N2O. The van der Waals surface area contributed by atoms with Crippen LogP contribution in [-0.4, -0.2) is 24.5 Å². The minimum atomic E-state index is -0.139. The second-order valence-electron chi connectivity index (χ2n) is 4.89. The van der Waals surface area contributed by atoms with Crippen LogP contribution in [0, 0.1) is 11.8 Å². The van der Waals surface area contributed by atoms with E-state index in [9.17, 15) is 4.79 Å². The molecule has 2 saturated carbocycles. The minimum absolute atomic E-state index is 0.139. The van der Waals surface area contributed by atoms with Gasteiger partial charge in [-0.15, -0.1) is 0 Å². The van der Waals surface area contributed by atoms with Crippen LogP contribution in [0.2, 0.25) is 0 Å². The fraction of sp³-hybridized carbons (Fsp3) is 0.900. The molecule has 0 aromatic carbocycles. The van der Waals surface area contributed by atoms with Gasteiger partial charge in [0.1, 0.15) is 0 Å². The molecule has 2 saturated heterocycles. The Morgan fingerprint density at radius 3 is 2.77 bits per heavy atom. The summed E-state index contributed by atoms with van der Waals surface area (Å²) in [5.74, 6) is 1.83. The van der Waals surface area contributed by atoms with Gasteiger partial charge >= 0.3 is 0 Å². The molecule has 2 N–H and O–H groups in total. The van der Waals surface area contributed by atoms with Crippen molar-refractivity contribution in [1.29, 1.82) is 0 Å². The van der Waals surface area contributed by atoms with Crippen molar-refractivity contribution in [1.82, 2.24) is 10.6 Å². The molecule has 4 rings (SSSR count). The summed E-state index contributed by atoms with van der Waals surface area (Å²) in [4.78, 5) is 11.8. The Kier molecular flexibility index (Phi) is 1.48. The SMILES string of the molecule is O=C(NCC1CC1)C12CC(CN1)C2. The van der Waals surface area contributed by atoms with Crippen LogP contribution in [0.15, 0.2) is 0 Å². The highest BCUT2D eigenvalue weighted by molar-refractivity contribution is 5.88. The zero-order valence-corrected chi connectivity index (χ0v) is 7.81. The van der Waals surface area contributed by atoms with E-state index in [0.717, 1.165) is 37.8 Å². The van der Waals surface area contributed by atoms with Crippen LogP contribution in [0.25, 0.3) is 0 Å². The minimum Gasteiger partial charge on any atom is -0.354 e. The number of fused-ring (bicyclic) bond motifs is 1. The fourth-order valence-corrected chi connectivity index (χ4v) is 2.55. The molecule has 4 aliphatic rings. The average Bonchev–Trinajstić information content (AvgIpc) is 2.65. The molecule has 2 bridgehead atoms. The lowest BCUT2D eigenvalue weighted by molar-refractivity contribution is -0.129. The van der Waals surface area contributed by atoms with E-state index in [1.54, 1.807) is 0 Å². The first-order valence-corrected chi connectivity index (χ1v) is 5.32.